The molecular formula is C22H33N3O6. The van der Waals surface area contributed by atoms with Crippen molar-refractivity contribution in [2.45, 2.75) is 65.1 Å². The molecule has 0 aliphatic heterocycles. The van der Waals surface area contributed by atoms with Crippen molar-refractivity contribution in [3.63, 3.8) is 0 Å². The van der Waals surface area contributed by atoms with Crippen LogP contribution in [-0.4, -0.2) is 53.2 Å². The van der Waals surface area contributed by atoms with Gasteiger partial charge in [-0.25, -0.2) is 9.59 Å². The first-order valence-electron chi connectivity index (χ1n) is 10.2. The summed E-state index contributed by atoms with van der Waals surface area (Å²) in [5.41, 5.74) is 0.0750. The maximum Gasteiger partial charge on any atom is 0.408 e. The Bertz CT molecular complexity index is 758. The number of alkyl carbamates (subject to hydrolysis) is 1. The standard InChI is InChI=1S/C22H33N3O6/c1-14(2)11-17(20(28)29)24-18(26)13-23-19(27)16(12-15-9-7-6-8-10-15)25-21(30)31-22(3,4)5/h6-10,14,16-17H,11-13H2,1-5H3,(H,23,27)(H,24,26)(H,25,30)(H,28,29)/t16-,17-/m0/s1. The molecule has 0 radical (unpaired) electrons. The maximum atomic E-state index is 12.7. The van der Waals surface area contributed by atoms with E-state index in [4.69, 9.17) is 4.74 Å². The molecule has 0 saturated carbocycles. The Morgan fingerprint density at radius 1 is 1.00 bits per heavy atom. The highest BCUT2D eigenvalue weighted by Gasteiger charge is 2.26. The summed E-state index contributed by atoms with van der Waals surface area (Å²) in [6, 6.07) is 7.07. The largest absolute Gasteiger partial charge is 0.480 e. The first-order chi connectivity index (χ1) is 14.4. The molecule has 9 heteroatoms. The van der Waals surface area contributed by atoms with Gasteiger partial charge < -0.3 is 25.8 Å². The lowest BCUT2D eigenvalue weighted by Gasteiger charge is -2.23. The lowest BCUT2D eigenvalue weighted by molar-refractivity contribution is -0.142. The molecule has 0 bridgehead atoms. The minimum atomic E-state index is -1.14. The van der Waals surface area contributed by atoms with Gasteiger partial charge in [-0.3, -0.25) is 9.59 Å². The molecule has 3 amide bonds. The van der Waals surface area contributed by atoms with Crippen LogP contribution in [0, 0.1) is 5.92 Å². The average Bonchev–Trinajstić information content (AvgIpc) is 2.64. The molecule has 0 spiro atoms. The second-order valence-electron chi connectivity index (χ2n) is 8.69. The van der Waals surface area contributed by atoms with E-state index in [-0.39, 0.29) is 18.8 Å². The Morgan fingerprint density at radius 2 is 1.61 bits per heavy atom. The Morgan fingerprint density at radius 3 is 2.13 bits per heavy atom. The number of nitrogens with one attached hydrogen (secondary N) is 3. The van der Waals surface area contributed by atoms with Gasteiger partial charge in [0, 0.05) is 6.42 Å². The number of benzene rings is 1. The van der Waals surface area contributed by atoms with Crippen LogP contribution in [0.1, 0.15) is 46.6 Å². The smallest absolute Gasteiger partial charge is 0.408 e. The summed E-state index contributed by atoms with van der Waals surface area (Å²) in [4.78, 5) is 48.3. The Labute approximate surface area is 182 Å². The zero-order chi connectivity index (χ0) is 23.6. The minimum absolute atomic E-state index is 0.0734. The summed E-state index contributed by atoms with van der Waals surface area (Å²) < 4.78 is 5.22. The van der Waals surface area contributed by atoms with Gasteiger partial charge in [-0.05, 0) is 38.7 Å². The third-order valence-corrected chi connectivity index (χ3v) is 4.05. The van der Waals surface area contributed by atoms with Crippen LogP contribution in [0.4, 0.5) is 4.79 Å². The van der Waals surface area contributed by atoms with Gasteiger partial charge in [-0.2, -0.15) is 0 Å². The fourth-order valence-electron chi connectivity index (χ4n) is 2.74. The topological polar surface area (TPSA) is 134 Å². The van der Waals surface area contributed by atoms with Gasteiger partial charge in [0.15, 0.2) is 0 Å². The molecule has 0 fully saturated rings. The van der Waals surface area contributed by atoms with Crippen molar-refractivity contribution >= 4 is 23.9 Å². The predicted octanol–water partition coefficient (Wildman–Crippen LogP) is 1.85. The van der Waals surface area contributed by atoms with Crippen LogP contribution in [-0.2, 0) is 25.5 Å². The van der Waals surface area contributed by atoms with Crippen molar-refractivity contribution in [3.05, 3.63) is 35.9 Å². The Kier molecular flexibility index (Phi) is 9.98. The first kappa shape index (κ1) is 25.9. The van der Waals surface area contributed by atoms with Crippen LogP contribution < -0.4 is 16.0 Å². The van der Waals surface area contributed by atoms with E-state index in [0.717, 1.165) is 5.56 Å². The molecule has 0 unspecified atom stereocenters. The van der Waals surface area contributed by atoms with E-state index in [2.05, 4.69) is 16.0 Å². The van der Waals surface area contributed by atoms with Crippen LogP contribution in [0.3, 0.4) is 0 Å². The van der Waals surface area contributed by atoms with E-state index < -0.39 is 48.1 Å². The van der Waals surface area contributed by atoms with Crippen LogP contribution in [0.25, 0.3) is 0 Å². The molecule has 1 rings (SSSR count). The third-order valence-electron chi connectivity index (χ3n) is 4.05. The number of aliphatic carboxylic acids is 1. The zero-order valence-electron chi connectivity index (χ0n) is 18.7. The van der Waals surface area contributed by atoms with Crippen molar-refractivity contribution in [3.8, 4) is 0 Å². The average molecular weight is 436 g/mol. The molecule has 0 aliphatic carbocycles. The number of amides is 3. The fraction of sp³-hybridized carbons (Fsp3) is 0.545. The van der Waals surface area contributed by atoms with Gasteiger partial charge in [0.25, 0.3) is 0 Å². The van der Waals surface area contributed by atoms with E-state index in [1.807, 2.05) is 44.2 Å². The summed E-state index contributed by atoms with van der Waals surface area (Å²) in [5.74, 6) is -2.27. The number of hydrogen-bond donors (Lipinski definition) is 4. The number of carboxylic acids is 1. The summed E-state index contributed by atoms with van der Waals surface area (Å²) in [6.45, 7) is 8.40. The van der Waals surface area contributed by atoms with Crippen LogP contribution in [0.5, 0.6) is 0 Å². The fourth-order valence-corrected chi connectivity index (χ4v) is 2.74. The van der Waals surface area contributed by atoms with Crippen LogP contribution >= 0.6 is 0 Å². The molecule has 1 aromatic rings. The van der Waals surface area contributed by atoms with Gasteiger partial charge in [0.2, 0.25) is 11.8 Å². The number of hydrogen-bond acceptors (Lipinski definition) is 5. The predicted molar refractivity (Wildman–Crippen MR) is 115 cm³/mol. The van der Waals surface area contributed by atoms with Crippen LogP contribution in [0.15, 0.2) is 30.3 Å². The molecule has 4 N–H and O–H groups in total. The summed E-state index contributed by atoms with van der Waals surface area (Å²) in [6.07, 6.45) is -0.291. The second-order valence-corrected chi connectivity index (χ2v) is 8.69. The van der Waals surface area contributed by atoms with Gasteiger partial charge in [-0.1, -0.05) is 44.2 Å². The molecule has 0 saturated heterocycles. The monoisotopic (exact) mass is 435 g/mol. The lowest BCUT2D eigenvalue weighted by Crippen LogP contribution is -2.52. The molecule has 0 aromatic heterocycles. The summed E-state index contributed by atoms with van der Waals surface area (Å²) >= 11 is 0. The highest BCUT2D eigenvalue weighted by Crippen LogP contribution is 2.09. The highest BCUT2D eigenvalue weighted by atomic mass is 16.6. The van der Waals surface area contributed by atoms with Gasteiger partial charge >= 0.3 is 12.1 Å². The van der Waals surface area contributed by atoms with Crippen molar-refractivity contribution in [2.24, 2.45) is 5.92 Å². The summed E-state index contributed by atoms with van der Waals surface area (Å²) in [7, 11) is 0. The van der Waals surface area contributed by atoms with E-state index in [1.54, 1.807) is 20.8 Å². The van der Waals surface area contributed by atoms with Crippen molar-refractivity contribution in [2.75, 3.05) is 6.54 Å². The number of carbonyl (C=O) groups is 4. The number of carboxylic acid groups (broad SMARTS) is 1. The summed E-state index contributed by atoms with van der Waals surface area (Å²) in [5, 5.41) is 16.6. The van der Waals surface area contributed by atoms with E-state index in [0.29, 0.717) is 0 Å². The lowest BCUT2D eigenvalue weighted by atomic mass is 10.0. The SMILES string of the molecule is CC(C)C[C@H](NC(=O)CNC(=O)[C@H](Cc1ccccc1)NC(=O)OC(C)(C)C)C(=O)O. The molecule has 9 nitrogen and oxygen atoms in total. The second kappa shape index (κ2) is 11.9. The zero-order valence-corrected chi connectivity index (χ0v) is 18.7. The third kappa shape index (κ3) is 11.0. The normalized spacial score (nSPS) is 13.1. The van der Waals surface area contributed by atoms with Crippen LogP contribution in [0.2, 0.25) is 0 Å². The Hall–Kier alpha value is -3.10. The number of carbonyl (C=O) groups excluding carboxylic acids is 3. The quantitative estimate of drug-likeness (QED) is 0.443. The van der Waals surface area contributed by atoms with Gasteiger partial charge in [0.05, 0.1) is 6.54 Å². The molecule has 172 valence electrons. The first-order valence-corrected chi connectivity index (χ1v) is 10.2. The molecule has 31 heavy (non-hydrogen) atoms. The van der Waals surface area contributed by atoms with Gasteiger partial charge in [-0.15, -0.1) is 0 Å². The van der Waals surface area contributed by atoms with Crippen molar-refractivity contribution in [1.82, 2.24) is 16.0 Å². The number of ether oxygens (including phenoxy) is 1. The number of rotatable bonds is 10. The molecule has 1 aromatic carbocycles. The van der Waals surface area contributed by atoms with E-state index in [1.165, 1.54) is 0 Å². The van der Waals surface area contributed by atoms with E-state index >= 15 is 0 Å². The maximum absolute atomic E-state index is 12.7. The Balaban J connectivity index is 2.76. The minimum Gasteiger partial charge on any atom is -0.480 e. The molecule has 0 aliphatic rings. The highest BCUT2D eigenvalue weighted by molar-refractivity contribution is 5.91. The van der Waals surface area contributed by atoms with Gasteiger partial charge in [0.1, 0.15) is 17.7 Å². The molecule has 2 atom stereocenters. The van der Waals surface area contributed by atoms with Crippen molar-refractivity contribution < 1.29 is 29.0 Å². The van der Waals surface area contributed by atoms with E-state index in [9.17, 15) is 24.3 Å². The van der Waals surface area contributed by atoms with Crippen molar-refractivity contribution in [1.29, 1.82) is 0 Å². The molecular weight excluding hydrogens is 402 g/mol. The molecule has 0 heterocycles.